The van der Waals surface area contributed by atoms with Crippen molar-refractivity contribution >= 4 is 39.0 Å². The predicted molar refractivity (Wildman–Crippen MR) is 236 cm³/mol. The van der Waals surface area contributed by atoms with Crippen LogP contribution in [-0.4, -0.2) is 0 Å². The van der Waals surface area contributed by atoms with Crippen LogP contribution in [-0.2, 0) is 5.41 Å². The lowest BCUT2D eigenvalue weighted by Crippen LogP contribution is -2.26. The summed E-state index contributed by atoms with van der Waals surface area (Å²) in [5, 5.41) is 2.24. The molecular formula is C55H35NO. The van der Waals surface area contributed by atoms with Crippen molar-refractivity contribution in [1.29, 1.82) is 0 Å². The Hall–Kier alpha value is -7.42. The Morgan fingerprint density at radius 3 is 1.61 bits per heavy atom. The summed E-state index contributed by atoms with van der Waals surface area (Å²) in [5.41, 5.74) is 19.8. The summed E-state index contributed by atoms with van der Waals surface area (Å²) < 4.78 is 6.27. The number of anilines is 3. The minimum Gasteiger partial charge on any atom is -0.456 e. The van der Waals surface area contributed by atoms with Gasteiger partial charge in [-0.15, -0.1) is 0 Å². The highest BCUT2D eigenvalue weighted by Crippen LogP contribution is 2.63. The molecule has 2 nitrogen and oxygen atoms in total. The predicted octanol–water partition coefficient (Wildman–Crippen LogP) is 14.7. The molecule has 0 bridgehead atoms. The van der Waals surface area contributed by atoms with Crippen molar-refractivity contribution in [2.75, 3.05) is 4.90 Å². The van der Waals surface area contributed by atoms with Crippen LogP contribution in [0, 0.1) is 0 Å². The van der Waals surface area contributed by atoms with Crippen LogP contribution in [0.4, 0.5) is 17.1 Å². The third-order valence-corrected chi connectivity index (χ3v) is 12.3. The highest BCUT2D eigenvalue weighted by atomic mass is 16.3. The van der Waals surface area contributed by atoms with E-state index in [9.17, 15) is 0 Å². The van der Waals surface area contributed by atoms with Crippen molar-refractivity contribution in [2.45, 2.75) is 5.41 Å². The maximum Gasteiger partial charge on any atom is 0.135 e. The number of hydrogen-bond donors (Lipinski definition) is 0. The van der Waals surface area contributed by atoms with Gasteiger partial charge in [-0.05, 0) is 110 Å². The molecule has 0 saturated carbocycles. The van der Waals surface area contributed by atoms with Gasteiger partial charge in [0, 0.05) is 27.7 Å². The molecule has 0 amide bonds. The van der Waals surface area contributed by atoms with E-state index >= 15 is 0 Å². The summed E-state index contributed by atoms with van der Waals surface area (Å²) in [6.45, 7) is 0. The van der Waals surface area contributed by atoms with Crippen molar-refractivity contribution in [3.05, 3.63) is 235 Å². The van der Waals surface area contributed by atoms with Crippen LogP contribution in [0.15, 0.2) is 217 Å². The second-order valence-electron chi connectivity index (χ2n) is 15.2. The first-order chi connectivity index (χ1) is 28.3. The molecule has 1 aromatic heterocycles. The van der Waals surface area contributed by atoms with Crippen molar-refractivity contribution in [2.24, 2.45) is 0 Å². The van der Waals surface area contributed by atoms with E-state index in [4.69, 9.17) is 4.42 Å². The Kier molecular flexibility index (Phi) is 6.88. The zero-order valence-electron chi connectivity index (χ0n) is 31.1. The van der Waals surface area contributed by atoms with Gasteiger partial charge in [0.1, 0.15) is 11.2 Å². The van der Waals surface area contributed by atoms with Crippen LogP contribution in [0.2, 0.25) is 0 Å². The van der Waals surface area contributed by atoms with Gasteiger partial charge in [-0.1, -0.05) is 164 Å². The Morgan fingerprint density at radius 1 is 0.316 bits per heavy atom. The lowest BCUT2D eigenvalue weighted by molar-refractivity contribution is 0.669. The van der Waals surface area contributed by atoms with E-state index in [2.05, 4.69) is 205 Å². The van der Waals surface area contributed by atoms with Crippen LogP contribution in [0.3, 0.4) is 0 Å². The standard InChI is InChI=1S/C55H35NO/c1-2-15-36(16-3-1)37-17-14-18-39(33-37)56(52-27-12-7-19-41(52)38-29-32-54-47(34-38)46-23-8-13-28-53(46)57-54)40-30-31-45-44-22-6-11-26-50(44)55(51(45)35-40)48-24-9-4-20-42(48)43-21-5-10-25-49(43)55/h1-35H. The number of fused-ring (bicyclic) bond motifs is 13. The van der Waals surface area contributed by atoms with Gasteiger partial charge < -0.3 is 9.32 Å². The van der Waals surface area contributed by atoms with E-state index in [0.29, 0.717) is 0 Å². The molecule has 1 heterocycles. The molecule has 0 aliphatic heterocycles. The zero-order chi connectivity index (χ0) is 37.5. The molecule has 0 N–H and O–H groups in total. The minimum atomic E-state index is -0.445. The van der Waals surface area contributed by atoms with Crippen LogP contribution in [0.1, 0.15) is 22.3 Å². The maximum absolute atomic E-state index is 6.27. The fraction of sp³-hybridized carbons (Fsp3) is 0.0182. The molecule has 266 valence electrons. The molecule has 2 heteroatoms. The second-order valence-corrected chi connectivity index (χ2v) is 15.2. The molecular weight excluding hydrogens is 691 g/mol. The fourth-order valence-electron chi connectivity index (χ4n) is 9.91. The average molecular weight is 726 g/mol. The number of hydrogen-bond acceptors (Lipinski definition) is 2. The molecule has 0 atom stereocenters. The Balaban J connectivity index is 1.12. The lowest BCUT2D eigenvalue weighted by Gasteiger charge is -2.33. The molecule has 10 aromatic rings. The number of para-hydroxylation sites is 2. The fourth-order valence-corrected chi connectivity index (χ4v) is 9.91. The number of nitrogens with zero attached hydrogens (tertiary/aromatic N) is 1. The summed E-state index contributed by atoms with van der Waals surface area (Å²) in [7, 11) is 0. The SMILES string of the molecule is c1ccc(-c2cccc(N(c3ccc4c(c3)C3(c5ccccc5-c5ccccc53)c3ccccc3-4)c3ccccc3-c3ccc4oc5ccccc5c4c3)c2)cc1. The zero-order valence-corrected chi connectivity index (χ0v) is 31.1. The highest BCUT2D eigenvalue weighted by Gasteiger charge is 2.51. The number of furan rings is 1. The average Bonchev–Trinajstić information content (AvgIpc) is 3.91. The summed E-state index contributed by atoms with van der Waals surface area (Å²) >= 11 is 0. The van der Waals surface area contributed by atoms with Gasteiger partial charge in [0.15, 0.2) is 0 Å². The topological polar surface area (TPSA) is 16.4 Å². The van der Waals surface area contributed by atoms with E-state index in [1.54, 1.807) is 0 Å². The Morgan fingerprint density at radius 2 is 0.877 bits per heavy atom. The minimum absolute atomic E-state index is 0.445. The molecule has 12 rings (SSSR count). The smallest absolute Gasteiger partial charge is 0.135 e. The van der Waals surface area contributed by atoms with Crippen LogP contribution < -0.4 is 4.90 Å². The van der Waals surface area contributed by atoms with Gasteiger partial charge in [-0.25, -0.2) is 0 Å². The van der Waals surface area contributed by atoms with Crippen LogP contribution in [0.5, 0.6) is 0 Å². The van der Waals surface area contributed by atoms with E-state index in [1.807, 2.05) is 12.1 Å². The molecule has 2 aliphatic carbocycles. The Bertz CT molecular complexity index is 3140. The number of rotatable bonds is 5. The molecule has 0 unspecified atom stereocenters. The first-order valence-corrected chi connectivity index (χ1v) is 19.7. The molecule has 2 aliphatic rings. The third kappa shape index (κ3) is 4.59. The summed E-state index contributed by atoms with van der Waals surface area (Å²) in [4.78, 5) is 2.46. The van der Waals surface area contributed by atoms with Crippen molar-refractivity contribution in [3.63, 3.8) is 0 Å². The van der Waals surface area contributed by atoms with Crippen LogP contribution in [0.25, 0.3) is 66.4 Å². The summed E-state index contributed by atoms with van der Waals surface area (Å²) in [6.07, 6.45) is 0. The second kappa shape index (κ2) is 12.3. The first-order valence-electron chi connectivity index (χ1n) is 19.7. The molecule has 57 heavy (non-hydrogen) atoms. The van der Waals surface area contributed by atoms with E-state index in [0.717, 1.165) is 50.1 Å². The Labute approximate surface area is 331 Å². The third-order valence-electron chi connectivity index (χ3n) is 12.3. The molecule has 1 spiro atoms. The molecule has 9 aromatic carbocycles. The monoisotopic (exact) mass is 725 g/mol. The highest BCUT2D eigenvalue weighted by molar-refractivity contribution is 6.07. The van der Waals surface area contributed by atoms with E-state index < -0.39 is 5.41 Å². The summed E-state index contributed by atoms with van der Waals surface area (Å²) in [5.74, 6) is 0. The largest absolute Gasteiger partial charge is 0.456 e. The van der Waals surface area contributed by atoms with Gasteiger partial charge in [-0.3, -0.25) is 0 Å². The normalized spacial score (nSPS) is 13.1. The molecule has 0 radical (unpaired) electrons. The van der Waals surface area contributed by atoms with Gasteiger partial charge >= 0.3 is 0 Å². The van der Waals surface area contributed by atoms with Gasteiger partial charge in [-0.2, -0.15) is 0 Å². The van der Waals surface area contributed by atoms with E-state index in [-0.39, 0.29) is 0 Å². The van der Waals surface area contributed by atoms with E-state index in [1.165, 1.54) is 55.6 Å². The van der Waals surface area contributed by atoms with Gasteiger partial charge in [0.05, 0.1) is 11.1 Å². The quantitative estimate of drug-likeness (QED) is 0.176. The van der Waals surface area contributed by atoms with Gasteiger partial charge in [0.2, 0.25) is 0 Å². The lowest BCUT2D eigenvalue weighted by atomic mass is 9.70. The number of benzene rings is 9. The van der Waals surface area contributed by atoms with Crippen molar-refractivity contribution in [3.8, 4) is 44.5 Å². The molecule has 0 fully saturated rings. The van der Waals surface area contributed by atoms with Crippen molar-refractivity contribution in [1.82, 2.24) is 0 Å². The summed E-state index contributed by atoms with van der Waals surface area (Å²) in [6, 6.07) is 77.6. The maximum atomic E-state index is 6.27. The van der Waals surface area contributed by atoms with Crippen LogP contribution >= 0.6 is 0 Å². The first kappa shape index (κ1) is 31.9. The van der Waals surface area contributed by atoms with Crippen molar-refractivity contribution < 1.29 is 4.42 Å². The van der Waals surface area contributed by atoms with Gasteiger partial charge in [0.25, 0.3) is 0 Å². The molecule has 0 saturated heterocycles.